The molecular formula is C6H7F2N3O. The fraction of sp³-hybridized carbons (Fsp3) is 0.167. The highest BCUT2D eigenvalue weighted by Gasteiger charge is 2.15. The van der Waals surface area contributed by atoms with E-state index in [1.165, 1.54) is 0 Å². The molecule has 0 saturated carbocycles. The minimum Gasteiger partial charge on any atom is -0.398 e. The van der Waals surface area contributed by atoms with Crippen LogP contribution in [0.1, 0.15) is 12.0 Å². The maximum atomic E-state index is 12.1. The van der Waals surface area contributed by atoms with E-state index in [1.807, 2.05) is 4.98 Å². The predicted octanol–water partition coefficient (Wildman–Crippen LogP) is 0.477. The Labute approximate surface area is 66.2 Å². The third kappa shape index (κ3) is 1.36. The van der Waals surface area contributed by atoms with Crippen molar-refractivity contribution in [3.05, 3.63) is 22.0 Å². The van der Waals surface area contributed by atoms with E-state index in [4.69, 9.17) is 11.5 Å². The second-order valence-electron chi connectivity index (χ2n) is 2.22. The number of aromatic amines is 1. The Morgan fingerprint density at radius 2 is 2.00 bits per heavy atom. The summed E-state index contributed by atoms with van der Waals surface area (Å²) in [4.78, 5) is 12.6. The third-order valence-electron chi connectivity index (χ3n) is 1.36. The highest BCUT2D eigenvalue weighted by atomic mass is 19.3. The summed E-state index contributed by atoms with van der Waals surface area (Å²) < 4.78 is 24.3. The second-order valence-corrected chi connectivity index (χ2v) is 2.22. The lowest BCUT2D eigenvalue weighted by atomic mass is 10.2. The zero-order valence-electron chi connectivity index (χ0n) is 5.97. The van der Waals surface area contributed by atoms with Crippen molar-refractivity contribution in [1.29, 1.82) is 0 Å². The van der Waals surface area contributed by atoms with Gasteiger partial charge in [-0.05, 0) is 0 Å². The number of rotatable bonds is 1. The van der Waals surface area contributed by atoms with Gasteiger partial charge in [0, 0.05) is 11.8 Å². The van der Waals surface area contributed by atoms with Crippen LogP contribution in [0.3, 0.4) is 0 Å². The van der Waals surface area contributed by atoms with Crippen LogP contribution >= 0.6 is 0 Å². The Morgan fingerprint density at radius 3 is 2.42 bits per heavy atom. The van der Waals surface area contributed by atoms with Crippen molar-refractivity contribution in [2.45, 2.75) is 6.43 Å². The van der Waals surface area contributed by atoms with Gasteiger partial charge in [0.05, 0.1) is 5.56 Å². The SMILES string of the molecule is Nc1cc(=O)[nH]c(N)c1C(F)F. The van der Waals surface area contributed by atoms with E-state index in [1.54, 1.807) is 0 Å². The molecule has 12 heavy (non-hydrogen) atoms. The Bertz CT molecular complexity index is 321. The summed E-state index contributed by atoms with van der Waals surface area (Å²) in [5.41, 5.74) is 8.86. The number of pyridine rings is 1. The maximum absolute atomic E-state index is 12.1. The van der Waals surface area contributed by atoms with Crippen molar-refractivity contribution >= 4 is 11.5 Å². The minimum atomic E-state index is -2.78. The Balaban J connectivity index is 3.38. The van der Waals surface area contributed by atoms with Crippen LogP contribution in [0.25, 0.3) is 0 Å². The molecule has 0 fully saturated rings. The molecule has 1 rings (SSSR count). The molecule has 0 spiro atoms. The molecule has 5 N–H and O–H groups in total. The summed E-state index contributed by atoms with van der Waals surface area (Å²) in [6.45, 7) is 0. The molecule has 0 saturated heterocycles. The molecule has 6 heteroatoms. The predicted molar refractivity (Wildman–Crippen MR) is 40.8 cm³/mol. The summed E-state index contributed by atoms with van der Waals surface area (Å²) in [5.74, 6) is -0.380. The molecule has 0 unspecified atom stereocenters. The first kappa shape index (κ1) is 8.51. The van der Waals surface area contributed by atoms with Crippen LogP contribution < -0.4 is 17.0 Å². The first-order chi connectivity index (χ1) is 5.52. The monoisotopic (exact) mass is 175 g/mol. The van der Waals surface area contributed by atoms with Gasteiger partial charge >= 0.3 is 0 Å². The molecule has 0 aliphatic rings. The van der Waals surface area contributed by atoms with E-state index in [9.17, 15) is 13.6 Å². The summed E-state index contributed by atoms with van der Waals surface area (Å²) in [6.07, 6.45) is -2.78. The molecule has 0 radical (unpaired) electrons. The van der Waals surface area contributed by atoms with E-state index < -0.39 is 17.5 Å². The lowest BCUT2D eigenvalue weighted by Crippen LogP contribution is -2.13. The molecule has 0 aliphatic heterocycles. The topological polar surface area (TPSA) is 84.9 Å². The van der Waals surface area contributed by atoms with E-state index in [0.29, 0.717) is 0 Å². The van der Waals surface area contributed by atoms with Crippen molar-refractivity contribution in [2.75, 3.05) is 11.5 Å². The number of nitrogens with one attached hydrogen (secondary N) is 1. The van der Waals surface area contributed by atoms with E-state index in [-0.39, 0.29) is 11.5 Å². The van der Waals surface area contributed by atoms with Crippen LogP contribution in [0.4, 0.5) is 20.3 Å². The van der Waals surface area contributed by atoms with Gasteiger partial charge in [0.2, 0.25) is 0 Å². The highest BCUT2D eigenvalue weighted by Crippen LogP contribution is 2.27. The summed E-state index contributed by atoms with van der Waals surface area (Å²) in [5, 5.41) is 0. The van der Waals surface area contributed by atoms with Crippen molar-refractivity contribution in [2.24, 2.45) is 0 Å². The van der Waals surface area contributed by atoms with Crippen LogP contribution in [0.2, 0.25) is 0 Å². The van der Waals surface area contributed by atoms with E-state index >= 15 is 0 Å². The number of hydrogen-bond donors (Lipinski definition) is 3. The van der Waals surface area contributed by atoms with Gasteiger partial charge in [-0.1, -0.05) is 0 Å². The van der Waals surface area contributed by atoms with E-state index in [0.717, 1.165) is 6.07 Å². The zero-order chi connectivity index (χ0) is 9.30. The zero-order valence-corrected chi connectivity index (χ0v) is 5.97. The quantitative estimate of drug-likeness (QED) is 0.580. The van der Waals surface area contributed by atoms with Crippen LogP contribution in [-0.4, -0.2) is 4.98 Å². The Kier molecular flexibility index (Phi) is 1.99. The van der Waals surface area contributed by atoms with Gasteiger partial charge in [-0.15, -0.1) is 0 Å². The van der Waals surface area contributed by atoms with Gasteiger partial charge in [-0.3, -0.25) is 4.79 Å². The summed E-state index contributed by atoms with van der Waals surface area (Å²) in [6, 6.07) is 0.873. The molecule has 0 aromatic carbocycles. The highest BCUT2D eigenvalue weighted by molar-refractivity contribution is 5.57. The van der Waals surface area contributed by atoms with Gasteiger partial charge in [0.15, 0.2) is 0 Å². The lowest BCUT2D eigenvalue weighted by molar-refractivity contribution is 0.152. The number of hydrogen-bond acceptors (Lipinski definition) is 3. The number of alkyl halides is 2. The average molecular weight is 175 g/mol. The second kappa shape index (κ2) is 2.80. The largest absolute Gasteiger partial charge is 0.398 e. The third-order valence-corrected chi connectivity index (χ3v) is 1.36. The van der Waals surface area contributed by atoms with Crippen molar-refractivity contribution in [1.82, 2.24) is 4.98 Å². The number of aromatic nitrogens is 1. The number of H-pyrrole nitrogens is 1. The van der Waals surface area contributed by atoms with Gasteiger partial charge in [0.1, 0.15) is 5.82 Å². The summed E-state index contributed by atoms with van der Waals surface area (Å²) >= 11 is 0. The first-order valence-corrected chi connectivity index (χ1v) is 3.08. The lowest BCUT2D eigenvalue weighted by Gasteiger charge is -2.05. The molecular weight excluding hydrogens is 168 g/mol. The summed E-state index contributed by atoms with van der Waals surface area (Å²) in [7, 11) is 0. The Morgan fingerprint density at radius 1 is 1.42 bits per heavy atom. The van der Waals surface area contributed by atoms with Gasteiger partial charge in [-0.25, -0.2) is 8.78 Å². The molecule has 0 atom stereocenters. The molecule has 0 amide bonds. The molecule has 1 aromatic rings. The van der Waals surface area contributed by atoms with E-state index in [2.05, 4.69) is 0 Å². The number of halogens is 2. The molecule has 1 heterocycles. The molecule has 1 aromatic heterocycles. The van der Waals surface area contributed by atoms with Crippen LogP contribution in [0.15, 0.2) is 10.9 Å². The molecule has 0 bridgehead atoms. The van der Waals surface area contributed by atoms with Crippen molar-refractivity contribution in [3.63, 3.8) is 0 Å². The van der Waals surface area contributed by atoms with Gasteiger partial charge in [0.25, 0.3) is 12.0 Å². The van der Waals surface area contributed by atoms with Gasteiger partial charge < -0.3 is 16.5 Å². The maximum Gasteiger partial charge on any atom is 0.269 e. The smallest absolute Gasteiger partial charge is 0.269 e. The minimum absolute atomic E-state index is 0.286. The van der Waals surface area contributed by atoms with Crippen molar-refractivity contribution < 1.29 is 8.78 Å². The fourth-order valence-corrected chi connectivity index (χ4v) is 0.854. The fourth-order valence-electron chi connectivity index (χ4n) is 0.854. The van der Waals surface area contributed by atoms with Crippen LogP contribution in [-0.2, 0) is 0 Å². The van der Waals surface area contributed by atoms with Crippen LogP contribution in [0, 0.1) is 0 Å². The molecule has 0 aliphatic carbocycles. The average Bonchev–Trinajstić information content (AvgIpc) is 1.82. The Hall–Kier alpha value is -1.59. The van der Waals surface area contributed by atoms with Gasteiger partial charge in [-0.2, -0.15) is 0 Å². The number of anilines is 2. The standard InChI is InChI=1S/C6H7F2N3O/c7-5(8)4-2(9)1-3(12)11-6(4)10/h1,5H,(H5,9,10,11,12). The normalized spacial score (nSPS) is 10.6. The van der Waals surface area contributed by atoms with Crippen molar-refractivity contribution in [3.8, 4) is 0 Å². The first-order valence-electron chi connectivity index (χ1n) is 3.08. The number of nitrogens with two attached hydrogens (primary N) is 2. The van der Waals surface area contributed by atoms with Crippen LogP contribution in [0.5, 0.6) is 0 Å². The molecule has 4 nitrogen and oxygen atoms in total. The molecule has 66 valence electrons. The number of nitrogen functional groups attached to an aromatic ring is 2.